The predicted octanol–water partition coefficient (Wildman–Crippen LogP) is 3.62. The molecule has 1 N–H and O–H groups in total. The minimum absolute atomic E-state index is 0.214. The van der Waals surface area contributed by atoms with E-state index in [9.17, 15) is 0 Å². The Kier molecular flexibility index (Phi) is 3.66. The van der Waals surface area contributed by atoms with Gasteiger partial charge in [-0.15, -0.1) is 0 Å². The number of benzene rings is 1. The van der Waals surface area contributed by atoms with E-state index in [-0.39, 0.29) is 6.04 Å². The van der Waals surface area contributed by atoms with Crippen LogP contribution in [0.15, 0.2) is 27.2 Å². The van der Waals surface area contributed by atoms with Crippen molar-refractivity contribution in [3.8, 4) is 11.4 Å². The van der Waals surface area contributed by atoms with Gasteiger partial charge in [0.1, 0.15) is 0 Å². The average Bonchev–Trinajstić information content (AvgIpc) is 2.89. The summed E-state index contributed by atoms with van der Waals surface area (Å²) in [6.45, 7) is 3.08. The second kappa shape index (κ2) is 5.43. The summed E-state index contributed by atoms with van der Waals surface area (Å²) in [5, 5.41) is 7.53. The summed E-state index contributed by atoms with van der Waals surface area (Å²) >= 11 is 3.46. The van der Waals surface area contributed by atoms with E-state index in [0.29, 0.717) is 11.7 Å². The van der Waals surface area contributed by atoms with Crippen LogP contribution in [0.5, 0.6) is 0 Å². The first kappa shape index (κ1) is 12.8. The third-order valence-corrected chi connectivity index (χ3v) is 3.97. The van der Waals surface area contributed by atoms with Crippen molar-refractivity contribution in [3.05, 3.63) is 34.1 Å². The molecular formula is C14H16BrN3O. The fourth-order valence-corrected chi connectivity index (χ4v) is 2.90. The maximum atomic E-state index is 5.41. The van der Waals surface area contributed by atoms with Crippen molar-refractivity contribution in [2.75, 3.05) is 6.54 Å². The smallest absolute Gasteiger partial charge is 0.244 e. The minimum atomic E-state index is 0.214. The molecule has 1 unspecified atom stereocenters. The Bertz CT molecular complexity index is 576. The Morgan fingerprint density at radius 3 is 3.00 bits per heavy atom. The molecule has 0 amide bonds. The van der Waals surface area contributed by atoms with E-state index < -0.39 is 0 Å². The molecule has 5 heteroatoms. The van der Waals surface area contributed by atoms with Gasteiger partial charge in [0.2, 0.25) is 11.7 Å². The van der Waals surface area contributed by atoms with E-state index in [4.69, 9.17) is 4.52 Å². The van der Waals surface area contributed by atoms with Crippen molar-refractivity contribution in [2.24, 2.45) is 0 Å². The number of halogens is 1. The number of piperidine rings is 1. The fourth-order valence-electron chi connectivity index (χ4n) is 2.43. The summed E-state index contributed by atoms with van der Waals surface area (Å²) in [5.41, 5.74) is 2.16. The number of hydrogen-bond acceptors (Lipinski definition) is 4. The molecule has 4 nitrogen and oxygen atoms in total. The van der Waals surface area contributed by atoms with Gasteiger partial charge in [0.15, 0.2) is 0 Å². The first-order valence-electron chi connectivity index (χ1n) is 6.57. The van der Waals surface area contributed by atoms with Gasteiger partial charge in [-0.3, -0.25) is 0 Å². The molecule has 1 atom stereocenters. The van der Waals surface area contributed by atoms with Gasteiger partial charge in [0.25, 0.3) is 0 Å². The molecule has 1 aromatic carbocycles. The molecule has 1 aliphatic rings. The summed E-state index contributed by atoms with van der Waals surface area (Å²) in [7, 11) is 0. The highest BCUT2D eigenvalue weighted by Crippen LogP contribution is 2.27. The van der Waals surface area contributed by atoms with Crippen LogP contribution in [-0.2, 0) is 0 Å². The van der Waals surface area contributed by atoms with Crippen LogP contribution in [0.4, 0.5) is 0 Å². The minimum Gasteiger partial charge on any atom is -0.337 e. The number of hydrogen-bond donors (Lipinski definition) is 1. The topological polar surface area (TPSA) is 51.0 Å². The zero-order valence-electron chi connectivity index (χ0n) is 10.8. The van der Waals surface area contributed by atoms with Gasteiger partial charge in [0, 0.05) is 10.0 Å². The van der Waals surface area contributed by atoms with E-state index in [2.05, 4.69) is 44.4 Å². The summed E-state index contributed by atoms with van der Waals surface area (Å²) in [5.74, 6) is 1.38. The molecule has 2 heterocycles. The van der Waals surface area contributed by atoms with Gasteiger partial charge >= 0.3 is 0 Å². The first-order chi connectivity index (χ1) is 9.24. The normalized spacial score (nSPS) is 19.6. The number of rotatable bonds is 2. The molecule has 0 saturated carbocycles. The third-order valence-electron chi connectivity index (χ3n) is 3.48. The molecule has 100 valence electrons. The highest BCUT2D eigenvalue weighted by Gasteiger charge is 2.21. The van der Waals surface area contributed by atoms with Gasteiger partial charge in [-0.2, -0.15) is 4.98 Å². The van der Waals surface area contributed by atoms with Crippen LogP contribution in [0, 0.1) is 6.92 Å². The maximum absolute atomic E-state index is 5.41. The second-order valence-corrected chi connectivity index (χ2v) is 5.83. The van der Waals surface area contributed by atoms with Crippen molar-refractivity contribution in [1.29, 1.82) is 0 Å². The molecule has 0 radical (unpaired) electrons. The van der Waals surface area contributed by atoms with Crippen LogP contribution in [0.3, 0.4) is 0 Å². The van der Waals surface area contributed by atoms with Gasteiger partial charge in [-0.05, 0) is 50.1 Å². The molecule has 19 heavy (non-hydrogen) atoms. The summed E-state index contributed by atoms with van der Waals surface area (Å²) in [6.07, 6.45) is 3.51. The van der Waals surface area contributed by atoms with Gasteiger partial charge in [-0.25, -0.2) is 0 Å². The summed E-state index contributed by atoms with van der Waals surface area (Å²) < 4.78 is 6.47. The van der Waals surface area contributed by atoms with Gasteiger partial charge in [0.05, 0.1) is 6.04 Å². The quantitative estimate of drug-likeness (QED) is 0.917. The lowest BCUT2D eigenvalue weighted by molar-refractivity contribution is 0.297. The standard InChI is InChI=1S/C14H16BrN3O/c1-9-8-10(15)5-6-11(9)13-17-14(19-18-13)12-4-2-3-7-16-12/h5-6,8,12,16H,2-4,7H2,1H3. The zero-order valence-corrected chi connectivity index (χ0v) is 12.4. The largest absolute Gasteiger partial charge is 0.337 e. The molecule has 1 fully saturated rings. The SMILES string of the molecule is Cc1cc(Br)ccc1-c1noc(C2CCCCN2)n1. The maximum Gasteiger partial charge on any atom is 0.244 e. The predicted molar refractivity (Wildman–Crippen MR) is 76.8 cm³/mol. The van der Waals surface area contributed by atoms with Crippen LogP contribution >= 0.6 is 15.9 Å². The first-order valence-corrected chi connectivity index (χ1v) is 7.37. The van der Waals surface area contributed by atoms with E-state index in [1.165, 1.54) is 12.8 Å². The zero-order chi connectivity index (χ0) is 13.2. The Morgan fingerprint density at radius 2 is 2.26 bits per heavy atom. The molecular weight excluding hydrogens is 306 g/mol. The number of aromatic nitrogens is 2. The Morgan fingerprint density at radius 1 is 1.37 bits per heavy atom. The lowest BCUT2D eigenvalue weighted by Gasteiger charge is -2.19. The molecule has 0 spiro atoms. The van der Waals surface area contributed by atoms with Crippen LogP contribution in [0.1, 0.15) is 36.8 Å². The van der Waals surface area contributed by atoms with Crippen molar-refractivity contribution >= 4 is 15.9 Å². The van der Waals surface area contributed by atoms with Crippen molar-refractivity contribution < 1.29 is 4.52 Å². The van der Waals surface area contributed by atoms with Crippen molar-refractivity contribution in [1.82, 2.24) is 15.5 Å². The molecule has 0 aliphatic carbocycles. The molecule has 1 aliphatic heterocycles. The molecule has 0 bridgehead atoms. The van der Waals surface area contributed by atoms with E-state index in [1.54, 1.807) is 0 Å². The molecule has 2 aromatic rings. The van der Waals surface area contributed by atoms with Crippen molar-refractivity contribution in [3.63, 3.8) is 0 Å². The summed E-state index contributed by atoms with van der Waals surface area (Å²) in [6, 6.07) is 6.29. The Labute approximate surface area is 120 Å². The molecule has 1 aromatic heterocycles. The Balaban J connectivity index is 1.87. The van der Waals surface area contributed by atoms with Gasteiger partial charge < -0.3 is 9.84 Å². The fraction of sp³-hybridized carbons (Fsp3) is 0.429. The monoisotopic (exact) mass is 321 g/mol. The van der Waals surface area contributed by atoms with Crippen LogP contribution in [-0.4, -0.2) is 16.7 Å². The van der Waals surface area contributed by atoms with Gasteiger partial charge in [-0.1, -0.05) is 27.5 Å². The lowest BCUT2D eigenvalue weighted by Crippen LogP contribution is -2.26. The van der Waals surface area contributed by atoms with E-state index >= 15 is 0 Å². The molecule has 1 saturated heterocycles. The highest BCUT2D eigenvalue weighted by molar-refractivity contribution is 9.10. The van der Waals surface area contributed by atoms with E-state index in [0.717, 1.165) is 28.6 Å². The van der Waals surface area contributed by atoms with E-state index in [1.807, 2.05) is 12.1 Å². The summed E-state index contributed by atoms with van der Waals surface area (Å²) in [4.78, 5) is 4.54. The Hall–Kier alpha value is -1.20. The third kappa shape index (κ3) is 2.72. The van der Waals surface area contributed by atoms with Crippen LogP contribution in [0.25, 0.3) is 11.4 Å². The lowest BCUT2D eigenvalue weighted by atomic mass is 10.1. The van der Waals surface area contributed by atoms with Crippen molar-refractivity contribution in [2.45, 2.75) is 32.2 Å². The average molecular weight is 322 g/mol. The number of aryl methyl sites for hydroxylation is 1. The second-order valence-electron chi connectivity index (χ2n) is 4.92. The van der Waals surface area contributed by atoms with Crippen LogP contribution < -0.4 is 5.32 Å². The number of nitrogens with one attached hydrogen (secondary N) is 1. The molecule has 3 rings (SSSR count). The van der Waals surface area contributed by atoms with Crippen LogP contribution in [0.2, 0.25) is 0 Å². The number of nitrogens with zero attached hydrogens (tertiary/aromatic N) is 2. The highest BCUT2D eigenvalue weighted by atomic mass is 79.9.